The molecule has 6 atom stereocenters. The molecule has 0 spiro atoms. The second-order valence-electron chi connectivity index (χ2n) is 19.9. The molecule has 0 aromatic heterocycles. The second kappa shape index (κ2) is 50.7. The van der Waals surface area contributed by atoms with Crippen molar-refractivity contribution in [2.75, 3.05) is 13.2 Å². The van der Waals surface area contributed by atoms with Crippen LogP contribution >= 0.6 is 0 Å². The van der Waals surface area contributed by atoms with Crippen LogP contribution in [-0.2, 0) is 42.9 Å². The lowest BCUT2D eigenvalue weighted by Gasteiger charge is -2.40. The number of carbonyl (C=O) groups excluding carboxylic acids is 3. The maximum atomic E-state index is 13.1. The minimum absolute atomic E-state index is 0.0357. The summed E-state index contributed by atoms with van der Waals surface area (Å²) in [5.41, 5.74) is 0. The van der Waals surface area contributed by atoms with Crippen molar-refractivity contribution in [2.45, 2.75) is 276 Å². The summed E-state index contributed by atoms with van der Waals surface area (Å²) in [6.45, 7) is 5.69. The SMILES string of the molecule is CC/C=C\C/C=C\C/C=C\C/C=C\CCC(=O)OC(COC(=O)CCCCCCC/C=C\C/C=C\C/C=C\CC)COC1OC(C(=O)O)C(O)C(O)C1OC(=O)CCCCCCCCCCCCCCCCCCC. The van der Waals surface area contributed by atoms with Crippen LogP contribution in [0.2, 0.25) is 0 Å². The van der Waals surface area contributed by atoms with Gasteiger partial charge in [0.2, 0.25) is 0 Å². The predicted octanol–water partition coefficient (Wildman–Crippen LogP) is 15.1. The van der Waals surface area contributed by atoms with Crippen molar-refractivity contribution in [3.8, 4) is 0 Å². The number of carbonyl (C=O) groups is 4. The number of aliphatic hydroxyl groups is 2. The molecule has 428 valence electrons. The van der Waals surface area contributed by atoms with Crippen molar-refractivity contribution in [3.63, 3.8) is 0 Å². The summed E-state index contributed by atoms with van der Waals surface area (Å²) in [7, 11) is 0. The molecular weight excluding hydrogens is 949 g/mol. The number of esters is 3. The average molecular weight is 1050 g/mol. The molecule has 12 nitrogen and oxygen atoms in total. The molecule has 1 aliphatic rings. The molecular formula is C63H104O12. The maximum Gasteiger partial charge on any atom is 0.335 e. The van der Waals surface area contributed by atoms with Gasteiger partial charge in [-0.15, -0.1) is 0 Å². The lowest BCUT2D eigenvalue weighted by Crippen LogP contribution is -2.61. The number of allylic oxidation sites excluding steroid dienone is 14. The number of rotatable bonds is 49. The smallest absolute Gasteiger partial charge is 0.335 e. The largest absolute Gasteiger partial charge is 0.479 e. The van der Waals surface area contributed by atoms with Gasteiger partial charge in [0, 0.05) is 19.3 Å². The first kappa shape index (κ1) is 68.9. The van der Waals surface area contributed by atoms with Crippen molar-refractivity contribution in [1.82, 2.24) is 0 Å². The highest BCUT2D eigenvalue weighted by molar-refractivity contribution is 5.74. The van der Waals surface area contributed by atoms with Gasteiger partial charge in [-0.3, -0.25) is 14.4 Å². The van der Waals surface area contributed by atoms with Gasteiger partial charge in [-0.2, -0.15) is 0 Å². The monoisotopic (exact) mass is 1050 g/mol. The third-order valence-corrected chi connectivity index (χ3v) is 13.0. The van der Waals surface area contributed by atoms with Crippen LogP contribution in [0.3, 0.4) is 0 Å². The molecule has 1 saturated heterocycles. The van der Waals surface area contributed by atoms with E-state index in [1.165, 1.54) is 77.0 Å². The van der Waals surface area contributed by atoms with Crippen molar-refractivity contribution in [3.05, 3.63) is 85.1 Å². The van der Waals surface area contributed by atoms with Gasteiger partial charge in [0.1, 0.15) is 18.8 Å². The van der Waals surface area contributed by atoms with E-state index < -0.39 is 67.3 Å². The van der Waals surface area contributed by atoms with Crippen molar-refractivity contribution in [2.24, 2.45) is 0 Å². The van der Waals surface area contributed by atoms with E-state index in [4.69, 9.17) is 23.7 Å². The number of unbranched alkanes of at least 4 members (excludes halogenated alkanes) is 21. The van der Waals surface area contributed by atoms with E-state index >= 15 is 0 Å². The average Bonchev–Trinajstić information content (AvgIpc) is 3.39. The highest BCUT2D eigenvalue weighted by Crippen LogP contribution is 2.26. The summed E-state index contributed by atoms with van der Waals surface area (Å²) >= 11 is 0. The predicted molar refractivity (Wildman–Crippen MR) is 303 cm³/mol. The maximum absolute atomic E-state index is 13.1. The van der Waals surface area contributed by atoms with Crippen molar-refractivity contribution in [1.29, 1.82) is 0 Å². The first-order chi connectivity index (χ1) is 36.6. The minimum atomic E-state index is -1.92. The van der Waals surface area contributed by atoms with E-state index in [-0.39, 0.29) is 25.9 Å². The number of ether oxygens (including phenoxy) is 5. The molecule has 0 bridgehead atoms. The number of aliphatic hydroxyl groups excluding tert-OH is 2. The topological polar surface area (TPSA) is 175 Å². The fraction of sp³-hybridized carbons (Fsp3) is 0.714. The number of aliphatic carboxylic acids is 1. The van der Waals surface area contributed by atoms with E-state index in [9.17, 15) is 34.5 Å². The molecule has 75 heavy (non-hydrogen) atoms. The summed E-state index contributed by atoms with van der Waals surface area (Å²) in [6.07, 6.45) is 52.9. The zero-order chi connectivity index (χ0) is 54.7. The van der Waals surface area contributed by atoms with E-state index in [2.05, 4.69) is 93.7 Å². The van der Waals surface area contributed by atoms with E-state index in [0.29, 0.717) is 25.7 Å². The van der Waals surface area contributed by atoms with Gasteiger partial charge >= 0.3 is 23.9 Å². The van der Waals surface area contributed by atoms with Crippen LogP contribution < -0.4 is 0 Å². The lowest BCUT2D eigenvalue weighted by atomic mass is 9.98. The molecule has 1 rings (SSSR count). The van der Waals surface area contributed by atoms with Crippen molar-refractivity contribution >= 4 is 23.9 Å². The van der Waals surface area contributed by atoms with E-state index in [0.717, 1.165) is 96.3 Å². The molecule has 0 aromatic carbocycles. The molecule has 6 unspecified atom stereocenters. The van der Waals surface area contributed by atoms with Gasteiger partial charge < -0.3 is 39.0 Å². The highest BCUT2D eigenvalue weighted by atomic mass is 16.7. The van der Waals surface area contributed by atoms with E-state index in [1.807, 2.05) is 12.2 Å². The molecule has 0 aliphatic carbocycles. The van der Waals surface area contributed by atoms with Crippen LogP contribution in [0.1, 0.15) is 239 Å². The van der Waals surface area contributed by atoms with Gasteiger partial charge in [-0.05, 0) is 77.0 Å². The summed E-state index contributed by atoms with van der Waals surface area (Å²) in [5.74, 6) is -3.25. The molecule has 0 aromatic rings. The molecule has 0 amide bonds. The molecule has 0 saturated carbocycles. The molecule has 3 N–H and O–H groups in total. The number of hydrogen-bond donors (Lipinski definition) is 3. The summed E-state index contributed by atoms with van der Waals surface area (Å²) in [4.78, 5) is 51.1. The molecule has 12 heteroatoms. The minimum Gasteiger partial charge on any atom is -0.479 e. The van der Waals surface area contributed by atoms with Gasteiger partial charge in [0.25, 0.3) is 0 Å². The van der Waals surface area contributed by atoms with E-state index in [1.54, 1.807) is 0 Å². The van der Waals surface area contributed by atoms with Gasteiger partial charge in [-0.25, -0.2) is 4.79 Å². The zero-order valence-corrected chi connectivity index (χ0v) is 47.0. The van der Waals surface area contributed by atoms with Gasteiger partial charge in [0.15, 0.2) is 24.6 Å². The Morgan fingerprint density at radius 2 is 0.867 bits per heavy atom. The first-order valence-corrected chi connectivity index (χ1v) is 29.6. The first-order valence-electron chi connectivity index (χ1n) is 29.6. The number of carboxylic acids is 1. The van der Waals surface area contributed by atoms with Crippen LogP contribution in [0.15, 0.2) is 85.1 Å². The zero-order valence-electron chi connectivity index (χ0n) is 47.0. The Hall–Kier alpha value is -4.10. The quantitative estimate of drug-likeness (QED) is 0.0228. The Kier molecular flexibility index (Phi) is 46.6. The van der Waals surface area contributed by atoms with Crippen LogP contribution in [-0.4, -0.2) is 89.2 Å². The van der Waals surface area contributed by atoms with Gasteiger partial charge in [0.05, 0.1) is 6.61 Å². The van der Waals surface area contributed by atoms with Crippen molar-refractivity contribution < 1.29 is 58.2 Å². The summed E-state index contributed by atoms with van der Waals surface area (Å²) in [5, 5.41) is 31.5. The van der Waals surface area contributed by atoms with Crippen LogP contribution in [0.5, 0.6) is 0 Å². The summed E-state index contributed by atoms with van der Waals surface area (Å²) < 4.78 is 28.3. The third kappa shape index (κ3) is 40.8. The second-order valence-corrected chi connectivity index (χ2v) is 19.9. The Morgan fingerprint density at radius 1 is 0.453 bits per heavy atom. The third-order valence-electron chi connectivity index (χ3n) is 13.0. The standard InChI is InChI=1S/C63H104O12/c1-4-7-10-13-16-19-22-25-27-28-30-33-36-39-42-45-48-51-57(66)74-61-59(68)58(67)60(62(69)70)75-63(61)72-53-54(73-56(65)50-47-44-41-38-35-31-24-21-18-15-12-9-6-3)52-71-55(64)49-46-43-40-37-34-32-29-26-23-20-17-14-11-8-5-2/h8-9,11-12,17-18,20-21,26,29,31,35,41,44,54,58-61,63,67-68H,4-7,10,13-16,19,22-25,27-28,30,32-34,36-40,42-43,45-53H2,1-3H3,(H,69,70)/b11-8-,12-9-,20-17-,21-18-,29-26-,35-31-,44-41-. The Labute approximate surface area is 454 Å². The molecule has 1 heterocycles. The number of hydrogen-bond acceptors (Lipinski definition) is 11. The summed E-state index contributed by atoms with van der Waals surface area (Å²) in [6, 6.07) is 0. The molecule has 1 aliphatic heterocycles. The van der Waals surface area contributed by atoms with Gasteiger partial charge in [-0.1, -0.05) is 228 Å². The molecule has 1 fully saturated rings. The fourth-order valence-electron chi connectivity index (χ4n) is 8.51. The lowest BCUT2D eigenvalue weighted by molar-refractivity contribution is -0.301. The Bertz CT molecular complexity index is 1630. The Balaban J connectivity index is 2.72. The van der Waals surface area contributed by atoms with Crippen LogP contribution in [0.25, 0.3) is 0 Å². The molecule has 0 radical (unpaired) electrons. The normalized spacial score (nSPS) is 18.8. The number of carboxylic acid groups (broad SMARTS) is 1. The highest BCUT2D eigenvalue weighted by Gasteiger charge is 2.50. The Morgan fingerprint density at radius 3 is 1.33 bits per heavy atom. The van der Waals surface area contributed by atoms with Crippen LogP contribution in [0.4, 0.5) is 0 Å². The fourth-order valence-corrected chi connectivity index (χ4v) is 8.51. The van der Waals surface area contributed by atoms with Crippen LogP contribution in [0, 0.1) is 0 Å².